The summed E-state index contributed by atoms with van der Waals surface area (Å²) in [6, 6.07) is 15.1. The molecule has 1 N–H and O–H groups in total. The first-order valence-corrected chi connectivity index (χ1v) is 13.7. The first kappa shape index (κ1) is 27.1. The zero-order valence-corrected chi connectivity index (χ0v) is 23.1. The summed E-state index contributed by atoms with van der Waals surface area (Å²) in [5.41, 5.74) is 2.37. The Balaban J connectivity index is 1.81. The smallest absolute Gasteiger partial charge is 0.243 e. The third kappa shape index (κ3) is 5.33. The van der Waals surface area contributed by atoms with Gasteiger partial charge in [-0.1, -0.05) is 50.2 Å². The predicted octanol–water partition coefficient (Wildman–Crippen LogP) is 4.47. The van der Waals surface area contributed by atoms with Crippen LogP contribution in [0.15, 0.2) is 60.9 Å². The van der Waals surface area contributed by atoms with E-state index in [1.807, 2.05) is 44.2 Å². The summed E-state index contributed by atoms with van der Waals surface area (Å²) < 4.78 is 42.8. The number of aryl methyl sites for hydroxylation is 1. The molecule has 0 aliphatic rings. The molecule has 0 fully saturated rings. The molecule has 11 heteroatoms. The lowest BCUT2D eigenvalue weighted by atomic mass is 10.0. The fourth-order valence-corrected chi connectivity index (χ4v) is 5.37. The molecule has 3 atom stereocenters. The van der Waals surface area contributed by atoms with Crippen molar-refractivity contribution in [3.8, 4) is 17.2 Å². The van der Waals surface area contributed by atoms with Crippen molar-refractivity contribution in [1.82, 2.24) is 24.7 Å². The lowest BCUT2D eigenvalue weighted by molar-refractivity contribution is 0.390. The Morgan fingerprint density at radius 2 is 1.47 bits per heavy atom. The lowest BCUT2D eigenvalue weighted by Gasteiger charge is -2.22. The number of aromatic nitrogens is 5. The molecule has 2 aromatic carbocycles. The number of nitrogens with one attached hydrogen (secondary N) is 1. The number of sulfonamides is 1. The Hall–Kier alpha value is -3.99. The maximum absolute atomic E-state index is 13.6. The number of para-hydroxylation sites is 1. The van der Waals surface area contributed by atoms with Crippen LogP contribution in [0.4, 0.5) is 5.95 Å². The van der Waals surface area contributed by atoms with E-state index in [2.05, 4.69) is 24.9 Å². The van der Waals surface area contributed by atoms with E-state index in [0.717, 1.165) is 11.1 Å². The van der Waals surface area contributed by atoms with Crippen LogP contribution in [0, 0.1) is 6.92 Å². The molecule has 10 nitrogen and oxygen atoms in total. The van der Waals surface area contributed by atoms with Crippen LogP contribution < -0.4 is 14.2 Å². The molecular formula is C27H32N6O4S. The summed E-state index contributed by atoms with van der Waals surface area (Å²) >= 11 is 0. The van der Waals surface area contributed by atoms with Crippen molar-refractivity contribution < 1.29 is 17.9 Å². The van der Waals surface area contributed by atoms with Crippen molar-refractivity contribution in [2.45, 2.75) is 44.8 Å². The van der Waals surface area contributed by atoms with Gasteiger partial charge >= 0.3 is 0 Å². The molecule has 2 heterocycles. The monoisotopic (exact) mass is 536 g/mol. The van der Waals surface area contributed by atoms with E-state index < -0.39 is 21.2 Å². The standard InChI is InChI=1S/C27H32N6O4S/c1-17-15-28-25(29-16-17)18(2)20(4)38(34,35)32-27-31-30-26(19(3)21-11-8-7-9-12-21)33(27)24-22(36-5)13-10-14-23(24)37-6/h7-16,18-20H,1-6H3,(H,31,32)/t18-,19-,20-/m0/s1. The van der Waals surface area contributed by atoms with Gasteiger partial charge in [-0.25, -0.2) is 18.4 Å². The van der Waals surface area contributed by atoms with Crippen LogP contribution in [0.25, 0.3) is 5.69 Å². The zero-order chi connectivity index (χ0) is 27.4. The molecule has 0 bridgehead atoms. The van der Waals surface area contributed by atoms with E-state index in [1.165, 1.54) is 14.2 Å². The molecule has 4 rings (SSSR count). The highest BCUT2D eigenvalue weighted by Gasteiger charge is 2.33. The number of benzene rings is 2. The predicted molar refractivity (Wildman–Crippen MR) is 146 cm³/mol. The molecule has 2 aromatic heterocycles. The van der Waals surface area contributed by atoms with Crippen LogP contribution in [0.1, 0.15) is 55.4 Å². The first-order valence-electron chi connectivity index (χ1n) is 12.2. The van der Waals surface area contributed by atoms with E-state index in [1.54, 1.807) is 49.0 Å². The van der Waals surface area contributed by atoms with Gasteiger partial charge in [0.05, 0.1) is 19.5 Å². The summed E-state index contributed by atoms with van der Waals surface area (Å²) in [6.45, 7) is 7.26. The molecule has 0 aliphatic carbocycles. The maximum atomic E-state index is 13.6. The number of hydrogen-bond acceptors (Lipinski definition) is 8. The second kappa shape index (κ2) is 11.2. The van der Waals surface area contributed by atoms with Gasteiger partial charge in [0.2, 0.25) is 16.0 Å². The van der Waals surface area contributed by atoms with Gasteiger partial charge in [-0.3, -0.25) is 9.29 Å². The average molecular weight is 537 g/mol. The van der Waals surface area contributed by atoms with Crippen LogP contribution in [-0.2, 0) is 10.0 Å². The van der Waals surface area contributed by atoms with Crippen molar-refractivity contribution >= 4 is 16.0 Å². The van der Waals surface area contributed by atoms with Gasteiger partial charge < -0.3 is 9.47 Å². The SMILES string of the molecule is COc1cccc(OC)c1-n1c(NS(=O)(=O)[C@@H](C)[C@H](C)c2ncc(C)cn2)nnc1[C@@H](C)c1ccccc1. The van der Waals surface area contributed by atoms with Crippen molar-refractivity contribution in [2.24, 2.45) is 0 Å². The average Bonchev–Trinajstić information content (AvgIpc) is 3.34. The van der Waals surface area contributed by atoms with Gasteiger partial charge in [0.15, 0.2) is 0 Å². The summed E-state index contributed by atoms with van der Waals surface area (Å²) in [5.74, 6) is 1.22. The normalized spacial score (nSPS) is 13.9. The molecule has 0 aliphatic heterocycles. The van der Waals surface area contributed by atoms with Crippen LogP contribution in [-0.4, -0.2) is 52.6 Å². The largest absolute Gasteiger partial charge is 0.494 e. The van der Waals surface area contributed by atoms with E-state index in [9.17, 15) is 8.42 Å². The molecule has 0 spiro atoms. The summed E-state index contributed by atoms with van der Waals surface area (Å²) in [6.07, 6.45) is 3.35. The molecule has 38 heavy (non-hydrogen) atoms. The maximum Gasteiger partial charge on any atom is 0.243 e. The van der Waals surface area contributed by atoms with Gasteiger partial charge in [0, 0.05) is 24.2 Å². The van der Waals surface area contributed by atoms with Crippen LogP contribution in [0.5, 0.6) is 11.5 Å². The van der Waals surface area contributed by atoms with Crippen molar-refractivity contribution in [2.75, 3.05) is 18.9 Å². The Labute approximate surface area is 223 Å². The number of anilines is 1. The number of methoxy groups -OCH3 is 2. The second-order valence-electron chi connectivity index (χ2n) is 9.12. The molecule has 0 saturated carbocycles. The molecule has 0 unspecified atom stereocenters. The quantitative estimate of drug-likeness (QED) is 0.315. The van der Waals surface area contributed by atoms with Gasteiger partial charge in [-0.05, 0) is 37.1 Å². The third-order valence-electron chi connectivity index (χ3n) is 6.64. The van der Waals surface area contributed by atoms with E-state index in [4.69, 9.17) is 9.47 Å². The van der Waals surface area contributed by atoms with E-state index >= 15 is 0 Å². The molecule has 0 amide bonds. The topological polar surface area (TPSA) is 121 Å². The highest BCUT2D eigenvalue weighted by molar-refractivity contribution is 7.93. The molecular weight excluding hydrogens is 504 g/mol. The Morgan fingerprint density at radius 1 is 0.868 bits per heavy atom. The molecule has 0 saturated heterocycles. The number of rotatable bonds is 10. The van der Waals surface area contributed by atoms with Crippen molar-refractivity contribution in [3.05, 3.63) is 83.7 Å². The van der Waals surface area contributed by atoms with Crippen LogP contribution in [0.2, 0.25) is 0 Å². The lowest BCUT2D eigenvalue weighted by Crippen LogP contribution is -2.31. The summed E-state index contributed by atoms with van der Waals surface area (Å²) in [5, 5.41) is 7.84. The summed E-state index contributed by atoms with van der Waals surface area (Å²) in [4.78, 5) is 8.64. The van der Waals surface area contributed by atoms with Crippen LogP contribution >= 0.6 is 0 Å². The molecule has 0 radical (unpaired) electrons. The molecule has 4 aromatic rings. The van der Waals surface area contributed by atoms with E-state index in [0.29, 0.717) is 28.8 Å². The van der Waals surface area contributed by atoms with Gasteiger partial charge in [-0.15, -0.1) is 10.2 Å². The fraction of sp³-hybridized carbons (Fsp3) is 0.333. The second-order valence-corrected chi connectivity index (χ2v) is 11.2. The Bertz CT molecular complexity index is 1470. The number of nitrogens with zero attached hydrogens (tertiary/aromatic N) is 5. The number of hydrogen-bond donors (Lipinski definition) is 1. The Kier molecular flexibility index (Phi) is 7.96. The number of ether oxygens (including phenoxy) is 2. The highest BCUT2D eigenvalue weighted by atomic mass is 32.2. The van der Waals surface area contributed by atoms with Crippen LogP contribution in [0.3, 0.4) is 0 Å². The van der Waals surface area contributed by atoms with Crippen molar-refractivity contribution in [3.63, 3.8) is 0 Å². The summed E-state index contributed by atoms with van der Waals surface area (Å²) in [7, 11) is -0.873. The first-order chi connectivity index (χ1) is 18.2. The third-order valence-corrected chi connectivity index (χ3v) is 8.49. The minimum absolute atomic E-state index is 0.0226. The Morgan fingerprint density at radius 3 is 2.05 bits per heavy atom. The zero-order valence-electron chi connectivity index (χ0n) is 22.3. The minimum atomic E-state index is -3.95. The minimum Gasteiger partial charge on any atom is -0.494 e. The molecule has 200 valence electrons. The van der Waals surface area contributed by atoms with E-state index in [-0.39, 0.29) is 11.9 Å². The van der Waals surface area contributed by atoms with Crippen molar-refractivity contribution in [1.29, 1.82) is 0 Å². The van der Waals surface area contributed by atoms with Gasteiger partial charge in [0.25, 0.3) is 0 Å². The fourth-order valence-electron chi connectivity index (χ4n) is 4.14. The highest BCUT2D eigenvalue weighted by Crippen LogP contribution is 2.38. The van der Waals surface area contributed by atoms with Gasteiger partial charge in [-0.2, -0.15) is 0 Å². The van der Waals surface area contributed by atoms with Gasteiger partial charge in [0.1, 0.15) is 28.8 Å².